The summed E-state index contributed by atoms with van der Waals surface area (Å²) in [4.78, 5) is 26.3. The van der Waals surface area contributed by atoms with Gasteiger partial charge in [-0.1, -0.05) is 24.3 Å². The van der Waals surface area contributed by atoms with Crippen LogP contribution in [0.3, 0.4) is 0 Å². The average molecular weight is 293 g/mol. The summed E-state index contributed by atoms with van der Waals surface area (Å²) in [6.07, 6.45) is 4.20. The molecule has 1 unspecified atom stereocenters. The zero-order valence-electron chi connectivity index (χ0n) is 11.4. The lowest BCUT2D eigenvalue weighted by Crippen LogP contribution is -2.09. The minimum atomic E-state index is -0.990. The number of rotatable bonds is 5. The molecule has 0 N–H and O–H groups in total. The third-order valence-electron chi connectivity index (χ3n) is 2.92. The number of nitriles is 1. The summed E-state index contributed by atoms with van der Waals surface area (Å²) in [7, 11) is 0. The molecular weight excluding hydrogens is 282 g/mol. The van der Waals surface area contributed by atoms with Crippen LogP contribution in [0.2, 0.25) is 0 Å². The molecule has 1 heterocycles. The van der Waals surface area contributed by atoms with Gasteiger partial charge in [0.05, 0.1) is 16.7 Å². The maximum absolute atomic E-state index is 12.1. The van der Waals surface area contributed by atoms with Crippen molar-refractivity contribution in [2.45, 2.75) is 5.92 Å². The molecule has 22 heavy (non-hydrogen) atoms. The van der Waals surface area contributed by atoms with E-state index >= 15 is 0 Å². The first-order valence-corrected chi connectivity index (χ1v) is 6.39. The van der Waals surface area contributed by atoms with Crippen molar-refractivity contribution in [1.82, 2.24) is 4.98 Å². The van der Waals surface area contributed by atoms with Gasteiger partial charge in [-0.2, -0.15) is 5.26 Å². The fourth-order valence-corrected chi connectivity index (χ4v) is 1.84. The number of carbonyl (C=O) groups excluding carboxylic acids is 1. The minimum Gasteiger partial charge on any atom is -0.293 e. The number of pyridine rings is 1. The topological polar surface area (TPSA) is 96.9 Å². The lowest BCUT2D eigenvalue weighted by atomic mass is 10.00. The van der Waals surface area contributed by atoms with Gasteiger partial charge in [-0.15, -0.1) is 0 Å². The number of nitro benzene ring substituents is 1. The van der Waals surface area contributed by atoms with Crippen LogP contribution in [0, 0.1) is 21.4 Å². The van der Waals surface area contributed by atoms with Crippen LogP contribution in [0.5, 0.6) is 0 Å². The molecular formula is C16H11N3O3. The van der Waals surface area contributed by atoms with Crippen molar-refractivity contribution < 1.29 is 9.72 Å². The molecule has 108 valence electrons. The van der Waals surface area contributed by atoms with E-state index in [1.807, 2.05) is 6.07 Å². The van der Waals surface area contributed by atoms with Crippen molar-refractivity contribution in [3.8, 4) is 6.07 Å². The van der Waals surface area contributed by atoms with Crippen LogP contribution in [0.25, 0.3) is 6.08 Å². The maximum Gasteiger partial charge on any atom is 0.270 e. The number of allylic oxidation sites excluding steroid dienone is 1. The molecule has 6 nitrogen and oxygen atoms in total. The minimum absolute atomic E-state index is 0.0591. The van der Waals surface area contributed by atoms with Crippen molar-refractivity contribution in [1.29, 1.82) is 5.26 Å². The summed E-state index contributed by atoms with van der Waals surface area (Å²) in [5, 5.41) is 19.8. The Labute approximate surface area is 126 Å². The summed E-state index contributed by atoms with van der Waals surface area (Å²) in [5.41, 5.74) is 0.829. The number of aromatic nitrogens is 1. The highest BCUT2D eigenvalue weighted by Crippen LogP contribution is 2.17. The largest absolute Gasteiger partial charge is 0.293 e. The molecule has 0 aliphatic carbocycles. The third kappa shape index (κ3) is 3.61. The number of non-ortho nitro benzene ring substituents is 1. The number of benzene rings is 1. The molecule has 0 radical (unpaired) electrons. The Morgan fingerprint density at radius 3 is 2.77 bits per heavy atom. The van der Waals surface area contributed by atoms with E-state index in [-0.39, 0.29) is 5.69 Å². The normalized spacial score (nSPS) is 11.8. The number of nitrogens with zero attached hydrogens (tertiary/aromatic N) is 3. The summed E-state index contributed by atoms with van der Waals surface area (Å²) >= 11 is 0. The second kappa shape index (κ2) is 6.90. The van der Waals surface area contributed by atoms with Gasteiger partial charge in [-0.25, -0.2) is 0 Å². The molecule has 0 aliphatic heterocycles. The van der Waals surface area contributed by atoms with Crippen LogP contribution in [-0.2, 0) is 4.79 Å². The van der Waals surface area contributed by atoms with E-state index in [0.717, 1.165) is 0 Å². The molecule has 0 aliphatic rings. The summed E-state index contributed by atoms with van der Waals surface area (Å²) in [6.45, 7) is 0. The van der Waals surface area contributed by atoms with Gasteiger partial charge in [0.1, 0.15) is 0 Å². The lowest BCUT2D eigenvalue weighted by Gasteiger charge is -2.03. The predicted octanol–water partition coefficient (Wildman–Crippen LogP) is 2.88. The van der Waals surface area contributed by atoms with Crippen molar-refractivity contribution in [3.05, 3.63) is 76.1 Å². The van der Waals surface area contributed by atoms with Gasteiger partial charge in [-0.3, -0.25) is 19.9 Å². The molecule has 0 saturated carbocycles. The van der Waals surface area contributed by atoms with Crippen LogP contribution >= 0.6 is 0 Å². The molecule has 0 fully saturated rings. The number of nitro groups is 1. The Balaban J connectivity index is 2.19. The quantitative estimate of drug-likeness (QED) is 0.479. The molecule has 2 aromatic rings. The van der Waals surface area contributed by atoms with Gasteiger partial charge in [0.15, 0.2) is 11.7 Å². The number of carbonyl (C=O) groups is 1. The fraction of sp³-hybridized carbons (Fsp3) is 0.0625. The average Bonchev–Trinajstić information content (AvgIpc) is 2.55. The van der Waals surface area contributed by atoms with Gasteiger partial charge >= 0.3 is 0 Å². The van der Waals surface area contributed by atoms with E-state index in [4.69, 9.17) is 5.26 Å². The summed E-state index contributed by atoms with van der Waals surface area (Å²) < 4.78 is 0. The Hall–Kier alpha value is -3.33. The number of hydrogen-bond acceptors (Lipinski definition) is 5. The molecule has 0 spiro atoms. The van der Waals surface area contributed by atoms with Crippen LogP contribution in [-0.4, -0.2) is 15.7 Å². The first-order chi connectivity index (χ1) is 10.6. The monoisotopic (exact) mass is 293 g/mol. The van der Waals surface area contributed by atoms with E-state index in [2.05, 4.69) is 4.98 Å². The van der Waals surface area contributed by atoms with Crippen LogP contribution in [0.1, 0.15) is 17.2 Å². The van der Waals surface area contributed by atoms with E-state index < -0.39 is 16.6 Å². The highest BCUT2D eigenvalue weighted by molar-refractivity contribution is 6.00. The zero-order valence-corrected chi connectivity index (χ0v) is 11.4. The fourth-order valence-electron chi connectivity index (χ4n) is 1.84. The predicted molar refractivity (Wildman–Crippen MR) is 79.7 cm³/mol. The molecule has 2 rings (SSSR count). The SMILES string of the molecule is N#CC(C(=O)C=Cc1cccc([N+](=O)[O-])c1)c1ccccn1. The molecule has 0 amide bonds. The molecule has 1 aromatic heterocycles. The van der Waals surface area contributed by atoms with Crippen molar-refractivity contribution in [2.24, 2.45) is 0 Å². The molecule has 1 atom stereocenters. The van der Waals surface area contributed by atoms with E-state index in [1.165, 1.54) is 36.5 Å². The van der Waals surface area contributed by atoms with Gasteiger partial charge in [0.2, 0.25) is 0 Å². The number of ketones is 1. The Morgan fingerprint density at radius 2 is 2.14 bits per heavy atom. The standard InChI is InChI=1S/C16H11N3O3/c17-11-14(15-6-1-2-9-18-15)16(20)8-7-12-4-3-5-13(10-12)19(21)22/h1-10,14H. The van der Waals surface area contributed by atoms with Gasteiger partial charge in [-0.05, 0) is 23.8 Å². The van der Waals surface area contributed by atoms with Crippen molar-refractivity contribution >= 4 is 17.5 Å². The Bertz CT molecular complexity index is 764. The highest BCUT2D eigenvalue weighted by Gasteiger charge is 2.18. The van der Waals surface area contributed by atoms with Gasteiger partial charge in [0, 0.05) is 18.3 Å². The van der Waals surface area contributed by atoms with Crippen LogP contribution in [0.4, 0.5) is 5.69 Å². The second-order valence-corrected chi connectivity index (χ2v) is 4.40. The lowest BCUT2D eigenvalue weighted by molar-refractivity contribution is -0.384. The van der Waals surface area contributed by atoms with E-state index in [9.17, 15) is 14.9 Å². The highest BCUT2D eigenvalue weighted by atomic mass is 16.6. The first-order valence-electron chi connectivity index (χ1n) is 6.39. The van der Waals surface area contributed by atoms with E-state index in [1.54, 1.807) is 24.3 Å². The first kappa shape index (κ1) is 15.1. The van der Waals surface area contributed by atoms with Crippen LogP contribution in [0.15, 0.2) is 54.7 Å². The number of hydrogen-bond donors (Lipinski definition) is 0. The third-order valence-corrected chi connectivity index (χ3v) is 2.92. The van der Waals surface area contributed by atoms with Crippen LogP contribution < -0.4 is 0 Å². The maximum atomic E-state index is 12.1. The van der Waals surface area contributed by atoms with E-state index in [0.29, 0.717) is 11.3 Å². The molecule has 0 bridgehead atoms. The Kier molecular flexibility index (Phi) is 4.73. The molecule has 1 aromatic carbocycles. The summed E-state index contributed by atoms with van der Waals surface area (Å²) in [6, 6.07) is 12.8. The van der Waals surface area contributed by atoms with Crippen molar-refractivity contribution in [2.75, 3.05) is 0 Å². The second-order valence-electron chi connectivity index (χ2n) is 4.40. The van der Waals surface area contributed by atoms with Gasteiger partial charge < -0.3 is 0 Å². The molecule has 6 heteroatoms. The molecule has 0 saturated heterocycles. The smallest absolute Gasteiger partial charge is 0.270 e. The van der Waals surface area contributed by atoms with Crippen molar-refractivity contribution in [3.63, 3.8) is 0 Å². The Morgan fingerprint density at radius 1 is 1.32 bits per heavy atom. The summed E-state index contributed by atoms with van der Waals surface area (Å²) in [5.74, 6) is -1.41. The zero-order chi connectivity index (χ0) is 15.9. The van der Waals surface area contributed by atoms with Gasteiger partial charge in [0.25, 0.3) is 5.69 Å².